The Morgan fingerprint density at radius 3 is 2.79 bits per heavy atom. The molecule has 2 rings (SSSR count). The summed E-state index contributed by atoms with van der Waals surface area (Å²) in [4.78, 5) is 4.20. The average Bonchev–Trinajstić information content (AvgIpc) is 2.74. The van der Waals surface area contributed by atoms with Crippen molar-refractivity contribution in [3.63, 3.8) is 0 Å². The topological polar surface area (TPSA) is 56.7 Å². The summed E-state index contributed by atoms with van der Waals surface area (Å²) in [6.07, 6.45) is 4.62. The van der Waals surface area contributed by atoms with Crippen LogP contribution in [0.15, 0.2) is 35.6 Å². The fourth-order valence-electron chi connectivity index (χ4n) is 1.99. The zero-order chi connectivity index (χ0) is 13.8. The van der Waals surface area contributed by atoms with Crippen LogP contribution < -0.4 is 5.73 Å². The molecule has 0 saturated carbocycles. The van der Waals surface area contributed by atoms with E-state index in [0.29, 0.717) is 0 Å². The molecule has 0 saturated heterocycles. The van der Waals surface area contributed by atoms with Crippen molar-refractivity contribution in [1.82, 2.24) is 14.8 Å². The van der Waals surface area contributed by atoms with Crippen LogP contribution in [0.4, 0.5) is 0 Å². The molecular weight excluding hydrogens is 256 g/mol. The molecule has 2 unspecified atom stereocenters. The number of thioether (sulfide) groups is 1. The second-order valence-corrected chi connectivity index (χ2v) is 5.81. The third-order valence-electron chi connectivity index (χ3n) is 3.08. The molecule has 2 atom stereocenters. The second-order valence-electron chi connectivity index (χ2n) is 4.64. The first-order chi connectivity index (χ1) is 9.11. The Hall–Kier alpha value is -1.33. The van der Waals surface area contributed by atoms with E-state index in [-0.39, 0.29) is 11.3 Å². The van der Waals surface area contributed by atoms with Gasteiger partial charge in [0.25, 0.3) is 0 Å². The van der Waals surface area contributed by atoms with Crippen LogP contribution in [0.5, 0.6) is 0 Å². The van der Waals surface area contributed by atoms with Gasteiger partial charge in [0.05, 0.1) is 16.0 Å². The maximum atomic E-state index is 6.28. The number of hydrogen-bond donors (Lipinski definition) is 1. The van der Waals surface area contributed by atoms with Gasteiger partial charge in [-0.2, -0.15) is 5.10 Å². The standard InChI is InChI=1S/C14H20N4S/c1-4-12(15)14(11-6-5-7-16-9-11)19-13-8-10(2)17-18(13)3/h5-9,12,14H,4,15H2,1-3H3. The van der Waals surface area contributed by atoms with E-state index in [1.807, 2.05) is 30.9 Å². The maximum absolute atomic E-state index is 6.28. The van der Waals surface area contributed by atoms with Crippen LogP contribution in [0.1, 0.15) is 29.9 Å². The normalized spacial score (nSPS) is 14.3. The molecule has 0 aliphatic heterocycles. The summed E-state index contributed by atoms with van der Waals surface area (Å²) in [6.45, 7) is 4.12. The van der Waals surface area contributed by atoms with Gasteiger partial charge in [-0.1, -0.05) is 24.8 Å². The van der Waals surface area contributed by atoms with Gasteiger partial charge in [0.2, 0.25) is 0 Å². The number of pyridine rings is 1. The van der Waals surface area contributed by atoms with Crippen molar-refractivity contribution in [3.05, 3.63) is 41.9 Å². The van der Waals surface area contributed by atoms with Gasteiger partial charge in [0.1, 0.15) is 0 Å². The highest BCUT2D eigenvalue weighted by molar-refractivity contribution is 7.99. The van der Waals surface area contributed by atoms with Crippen molar-refractivity contribution in [3.8, 4) is 0 Å². The van der Waals surface area contributed by atoms with Crippen LogP contribution in [-0.4, -0.2) is 20.8 Å². The zero-order valence-corrected chi connectivity index (χ0v) is 12.4. The summed E-state index contributed by atoms with van der Waals surface area (Å²) < 4.78 is 1.91. The van der Waals surface area contributed by atoms with Crippen LogP contribution in [0.2, 0.25) is 0 Å². The van der Waals surface area contributed by atoms with Gasteiger partial charge >= 0.3 is 0 Å². The van der Waals surface area contributed by atoms with Crippen molar-refractivity contribution in [2.24, 2.45) is 12.8 Å². The van der Waals surface area contributed by atoms with E-state index >= 15 is 0 Å². The number of nitrogens with two attached hydrogens (primary N) is 1. The van der Waals surface area contributed by atoms with E-state index in [4.69, 9.17) is 5.73 Å². The highest BCUT2D eigenvalue weighted by Gasteiger charge is 2.21. The van der Waals surface area contributed by atoms with Gasteiger partial charge < -0.3 is 5.73 Å². The molecule has 0 fully saturated rings. The molecule has 0 amide bonds. The van der Waals surface area contributed by atoms with E-state index in [1.165, 1.54) is 5.56 Å². The van der Waals surface area contributed by atoms with Crippen LogP contribution in [-0.2, 0) is 7.05 Å². The van der Waals surface area contributed by atoms with Crippen molar-refractivity contribution < 1.29 is 0 Å². The van der Waals surface area contributed by atoms with Gasteiger partial charge in [0, 0.05) is 25.5 Å². The Morgan fingerprint density at radius 2 is 2.26 bits per heavy atom. The molecule has 2 aromatic rings. The number of rotatable bonds is 5. The molecule has 5 heteroatoms. The number of nitrogens with zero attached hydrogens (tertiary/aromatic N) is 3. The predicted molar refractivity (Wildman–Crippen MR) is 79.0 cm³/mol. The smallest absolute Gasteiger partial charge is 0.0945 e. The molecule has 2 N–H and O–H groups in total. The summed E-state index contributed by atoms with van der Waals surface area (Å²) in [7, 11) is 1.97. The molecule has 0 spiro atoms. The molecule has 4 nitrogen and oxygen atoms in total. The van der Waals surface area contributed by atoms with Crippen LogP contribution >= 0.6 is 11.8 Å². The molecule has 0 aliphatic rings. The fourth-order valence-corrected chi connectivity index (χ4v) is 3.32. The van der Waals surface area contributed by atoms with E-state index < -0.39 is 0 Å². The lowest BCUT2D eigenvalue weighted by atomic mass is 10.1. The molecule has 102 valence electrons. The Kier molecular flexibility index (Phi) is 4.61. The van der Waals surface area contributed by atoms with Crippen molar-refractivity contribution in [1.29, 1.82) is 0 Å². The predicted octanol–water partition coefficient (Wildman–Crippen LogP) is 2.69. The summed E-state index contributed by atoms with van der Waals surface area (Å²) in [5.41, 5.74) is 8.47. The van der Waals surface area contributed by atoms with Crippen LogP contribution in [0, 0.1) is 6.92 Å². The molecule has 2 aromatic heterocycles. The van der Waals surface area contributed by atoms with Gasteiger partial charge in [0.15, 0.2) is 0 Å². The maximum Gasteiger partial charge on any atom is 0.0945 e. The first-order valence-corrected chi connectivity index (χ1v) is 7.32. The molecule has 19 heavy (non-hydrogen) atoms. The monoisotopic (exact) mass is 276 g/mol. The first kappa shape index (κ1) is 14.1. The highest BCUT2D eigenvalue weighted by atomic mass is 32.2. The SMILES string of the molecule is CCC(N)C(Sc1cc(C)nn1C)c1cccnc1. The lowest BCUT2D eigenvalue weighted by Gasteiger charge is -2.22. The fraction of sp³-hybridized carbons (Fsp3) is 0.429. The van der Waals surface area contributed by atoms with Crippen LogP contribution in [0.25, 0.3) is 0 Å². The van der Waals surface area contributed by atoms with Crippen molar-refractivity contribution in [2.45, 2.75) is 36.6 Å². The lowest BCUT2D eigenvalue weighted by molar-refractivity contribution is 0.627. The molecule has 0 bridgehead atoms. The minimum absolute atomic E-state index is 0.101. The first-order valence-electron chi connectivity index (χ1n) is 6.44. The van der Waals surface area contributed by atoms with E-state index in [0.717, 1.165) is 17.1 Å². The third-order valence-corrected chi connectivity index (χ3v) is 4.58. The summed E-state index contributed by atoms with van der Waals surface area (Å²) in [5, 5.41) is 5.72. The molecule has 0 radical (unpaired) electrons. The minimum Gasteiger partial charge on any atom is -0.326 e. The Bertz CT molecular complexity index is 523. The van der Waals surface area contributed by atoms with Gasteiger partial charge in [-0.25, -0.2) is 0 Å². The lowest BCUT2D eigenvalue weighted by Crippen LogP contribution is -2.25. The number of aryl methyl sites for hydroxylation is 2. The molecular formula is C14H20N4S. The minimum atomic E-state index is 0.101. The second kappa shape index (κ2) is 6.21. The van der Waals surface area contributed by atoms with Gasteiger partial charge in [-0.05, 0) is 31.0 Å². The van der Waals surface area contributed by atoms with E-state index in [2.05, 4.69) is 29.1 Å². The van der Waals surface area contributed by atoms with E-state index in [1.54, 1.807) is 18.0 Å². The average molecular weight is 276 g/mol. The quantitative estimate of drug-likeness (QED) is 0.853. The van der Waals surface area contributed by atoms with Gasteiger partial charge in [-0.3, -0.25) is 9.67 Å². The van der Waals surface area contributed by atoms with Crippen LogP contribution in [0.3, 0.4) is 0 Å². The largest absolute Gasteiger partial charge is 0.326 e. The third kappa shape index (κ3) is 3.36. The molecule has 0 aromatic carbocycles. The highest BCUT2D eigenvalue weighted by Crippen LogP contribution is 2.37. The van der Waals surface area contributed by atoms with Crippen molar-refractivity contribution in [2.75, 3.05) is 0 Å². The number of aromatic nitrogens is 3. The zero-order valence-electron chi connectivity index (χ0n) is 11.6. The summed E-state index contributed by atoms with van der Waals surface area (Å²) in [6, 6.07) is 6.24. The Balaban J connectivity index is 2.27. The van der Waals surface area contributed by atoms with Crippen molar-refractivity contribution >= 4 is 11.8 Å². The molecule has 0 aliphatic carbocycles. The Labute approximate surface area is 118 Å². The summed E-state index contributed by atoms with van der Waals surface area (Å²) in [5.74, 6) is 0. The summed E-state index contributed by atoms with van der Waals surface area (Å²) >= 11 is 1.76. The Morgan fingerprint density at radius 1 is 1.47 bits per heavy atom. The molecule has 2 heterocycles. The van der Waals surface area contributed by atoms with E-state index in [9.17, 15) is 0 Å². The number of hydrogen-bond acceptors (Lipinski definition) is 4. The van der Waals surface area contributed by atoms with Gasteiger partial charge in [-0.15, -0.1) is 0 Å².